The molecule has 1 aromatic carbocycles. The molecule has 1 aromatic rings. The molecule has 1 amide bonds. The van der Waals surface area contributed by atoms with Crippen LogP contribution in [0.2, 0.25) is 0 Å². The molecule has 0 saturated heterocycles. The Bertz CT molecular complexity index is 568. The Morgan fingerprint density at radius 1 is 1.35 bits per heavy atom. The van der Waals surface area contributed by atoms with Crippen LogP contribution in [0.5, 0.6) is 0 Å². The van der Waals surface area contributed by atoms with Gasteiger partial charge in [0, 0.05) is 17.5 Å². The minimum atomic E-state index is -4.29. The number of amides is 1. The highest BCUT2D eigenvalue weighted by atomic mass is 32.2. The normalized spacial score (nSPS) is 15.2. The van der Waals surface area contributed by atoms with E-state index < -0.39 is 17.7 Å². The highest BCUT2D eigenvalue weighted by Crippen LogP contribution is 2.34. The topological polar surface area (TPSA) is 20.3 Å². The molecule has 0 radical (unpaired) electrons. The predicted octanol–water partition coefficient (Wildman–Crippen LogP) is 3.69. The molecule has 2 rings (SSSR count). The zero-order valence-electron chi connectivity index (χ0n) is 10.5. The van der Waals surface area contributed by atoms with Gasteiger partial charge in [0.1, 0.15) is 5.82 Å². The van der Waals surface area contributed by atoms with Gasteiger partial charge in [-0.05, 0) is 24.6 Å². The summed E-state index contributed by atoms with van der Waals surface area (Å²) in [5, 5.41) is 0. The van der Waals surface area contributed by atoms with Crippen LogP contribution in [-0.2, 0) is 4.79 Å². The summed E-state index contributed by atoms with van der Waals surface area (Å²) in [6.07, 6.45) is -1.41. The minimum absolute atomic E-state index is 0.00951. The molecule has 0 aromatic heterocycles. The number of carbonyl (C=O) groups is 1. The lowest BCUT2D eigenvalue weighted by Crippen LogP contribution is -2.25. The monoisotopic (exact) mass is 305 g/mol. The van der Waals surface area contributed by atoms with Crippen LogP contribution in [-0.4, -0.2) is 24.4 Å². The first-order valence-electron chi connectivity index (χ1n) is 5.75. The molecule has 108 valence electrons. The van der Waals surface area contributed by atoms with E-state index in [0.29, 0.717) is 22.2 Å². The Morgan fingerprint density at radius 2 is 2.05 bits per heavy atom. The van der Waals surface area contributed by atoms with Gasteiger partial charge in [0.2, 0.25) is 0 Å². The molecule has 1 aliphatic heterocycles. The Labute approximate surface area is 117 Å². The van der Waals surface area contributed by atoms with Crippen LogP contribution in [0.25, 0.3) is 0 Å². The van der Waals surface area contributed by atoms with Gasteiger partial charge >= 0.3 is 6.18 Å². The van der Waals surface area contributed by atoms with Crippen molar-refractivity contribution in [1.29, 1.82) is 0 Å². The molecule has 0 spiro atoms. The van der Waals surface area contributed by atoms with E-state index in [1.165, 1.54) is 24.0 Å². The van der Waals surface area contributed by atoms with Crippen molar-refractivity contribution >= 4 is 23.4 Å². The molecule has 0 saturated carbocycles. The van der Waals surface area contributed by atoms with Gasteiger partial charge in [-0.25, -0.2) is 4.39 Å². The summed E-state index contributed by atoms with van der Waals surface area (Å²) in [6.45, 7) is 1.76. The summed E-state index contributed by atoms with van der Waals surface area (Å²) in [6, 6.07) is 2.45. The SMILES string of the molecule is Cc1cc(F)c(N2CC=CC2=O)cc1SCC(F)(F)F. The summed E-state index contributed by atoms with van der Waals surface area (Å²) in [4.78, 5) is 13.0. The van der Waals surface area contributed by atoms with Crippen molar-refractivity contribution in [3.8, 4) is 0 Å². The number of halogens is 4. The molecule has 0 bridgehead atoms. The lowest BCUT2D eigenvalue weighted by molar-refractivity contribution is -0.113. The number of alkyl halides is 3. The van der Waals surface area contributed by atoms with Gasteiger partial charge in [0.15, 0.2) is 0 Å². The van der Waals surface area contributed by atoms with E-state index in [0.717, 1.165) is 6.07 Å². The van der Waals surface area contributed by atoms with Crippen LogP contribution in [0.15, 0.2) is 29.2 Å². The maximum absolute atomic E-state index is 13.9. The Morgan fingerprint density at radius 3 is 2.60 bits per heavy atom. The van der Waals surface area contributed by atoms with Crippen LogP contribution < -0.4 is 4.90 Å². The Hall–Kier alpha value is -1.50. The van der Waals surface area contributed by atoms with Gasteiger partial charge in [0.05, 0.1) is 11.4 Å². The maximum atomic E-state index is 13.9. The van der Waals surface area contributed by atoms with Crippen LogP contribution >= 0.6 is 11.8 Å². The fourth-order valence-corrected chi connectivity index (χ4v) is 2.62. The minimum Gasteiger partial charge on any atom is -0.302 e. The van der Waals surface area contributed by atoms with E-state index in [2.05, 4.69) is 0 Å². The van der Waals surface area contributed by atoms with E-state index in [9.17, 15) is 22.4 Å². The molecule has 0 atom stereocenters. The standard InChI is InChI=1S/C13H11F4NOS/c1-8-5-9(14)10(18-4-2-3-12(18)19)6-11(8)20-7-13(15,16)17/h2-3,5-6H,4,7H2,1H3. The second-order valence-corrected chi connectivity index (χ2v) is 5.34. The molecule has 0 aliphatic carbocycles. The average Bonchev–Trinajstić information content (AvgIpc) is 2.73. The van der Waals surface area contributed by atoms with Gasteiger partial charge in [-0.3, -0.25) is 4.79 Å². The second kappa shape index (κ2) is 5.47. The van der Waals surface area contributed by atoms with Gasteiger partial charge in [0.25, 0.3) is 5.91 Å². The number of carbonyl (C=O) groups excluding carboxylic acids is 1. The predicted molar refractivity (Wildman–Crippen MR) is 69.4 cm³/mol. The summed E-state index contributed by atoms with van der Waals surface area (Å²) in [5.74, 6) is -2.04. The zero-order valence-corrected chi connectivity index (χ0v) is 11.3. The number of hydrogen-bond acceptors (Lipinski definition) is 2. The van der Waals surface area contributed by atoms with E-state index in [1.54, 1.807) is 6.08 Å². The van der Waals surface area contributed by atoms with Gasteiger partial charge in [-0.1, -0.05) is 6.08 Å². The van der Waals surface area contributed by atoms with Crippen LogP contribution in [0.3, 0.4) is 0 Å². The Balaban J connectivity index is 2.28. The van der Waals surface area contributed by atoms with Crippen molar-refractivity contribution in [3.63, 3.8) is 0 Å². The summed E-state index contributed by atoms with van der Waals surface area (Å²) < 4.78 is 50.6. The number of aryl methyl sites for hydroxylation is 1. The zero-order chi connectivity index (χ0) is 14.9. The fourth-order valence-electron chi connectivity index (χ4n) is 1.82. The third-order valence-corrected chi connectivity index (χ3v) is 3.96. The smallest absolute Gasteiger partial charge is 0.302 e. The van der Waals surface area contributed by atoms with Crippen LogP contribution in [0.4, 0.5) is 23.2 Å². The van der Waals surface area contributed by atoms with Crippen LogP contribution in [0, 0.1) is 12.7 Å². The third-order valence-electron chi connectivity index (χ3n) is 2.74. The van der Waals surface area contributed by atoms with E-state index in [4.69, 9.17) is 0 Å². The first-order chi connectivity index (χ1) is 9.28. The molecule has 0 N–H and O–H groups in total. The first kappa shape index (κ1) is 14.9. The summed E-state index contributed by atoms with van der Waals surface area (Å²) >= 11 is 0.587. The molecular formula is C13H11F4NOS. The number of nitrogens with zero attached hydrogens (tertiary/aromatic N) is 1. The summed E-state index contributed by atoms with van der Waals surface area (Å²) in [7, 11) is 0. The van der Waals surface area contributed by atoms with Crippen molar-refractivity contribution in [1.82, 2.24) is 0 Å². The first-order valence-corrected chi connectivity index (χ1v) is 6.74. The maximum Gasteiger partial charge on any atom is 0.398 e. The number of thioether (sulfide) groups is 1. The molecule has 1 aliphatic rings. The van der Waals surface area contributed by atoms with Gasteiger partial charge in [-0.15, -0.1) is 11.8 Å². The fraction of sp³-hybridized carbons (Fsp3) is 0.308. The van der Waals surface area contributed by atoms with E-state index in [-0.39, 0.29) is 18.1 Å². The average molecular weight is 305 g/mol. The molecular weight excluding hydrogens is 294 g/mol. The van der Waals surface area contributed by atoms with Gasteiger partial charge < -0.3 is 4.90 Å². The third kappa shape index (κ3) is 3.33. The van der Waals surface area contributed by atoms with Gasteiger partial charge in [-0.2, -0.15) is 13.2 Å². The van der Waals surface area contributed by atoms with Crippen molar-refractivity contribution in [2.75, 3.05) is 17.2 Å². The van der Waals surface area contributed by atoms with Crippen molar-refractivity contribution in [2.24, 2.45) is 0 Å². The molecule has 1 heterocycles. The molecule has 2 nitrogen and oxygen atoms in total. The van der Waals surface area contributed by atoms with E-state index in [1.807, 2.05) is 0 Å². The van der Waals surface area contributed by atoms with E-state index >= 15 is 0 Å². The Kier molecular flexibility index (Phi) is 4.08. The van der Waals surface area contributed by atoms with Crippen molar-refractivity contribution < 1.29 is 22.4 Å². The van der Waals surface area contributed by atoms with Crippen LogP contribution in [0.1, 0.15) is 5.56 Å². The highest BCUT2D eigenvalue weighted by Gasteiger charge is 2.28. The lowest BCUT2D eigenvalue weighted by atomic mass is 10.2. The number of hydrogen-bond donors (Lipinski definition) is 0. The molecule has 0 unspecified atom stereocenters. The molecule has 0 fully saturated rings. The number of rotatable bonds is 3. The quantitative estimate of drug-likeness (QED) is 0.627. The number of anilines is 1. The molecule has 20 heavy (non-hydrogen) atoms. The number of benzene rings is 1. The highest BCUT2D eigenvalue weighted by molar-refractivity contribution is 7.99. The second-order valence-electron chi connectivity index (χ2n) is 4.32. The summed E-state index contributed by atoms with van der Waals surface area (Å²) in [5.41, 5.74) is 0.426. The largest absolute Gasteiger partial charge is 0.398 e. The lowest BCUT2D eigenvalue weighted by Gasteiger charge is -2.19. The van der Waals surface area contributed by atoms with Crippen molar-refractivity contribution in [2.45, 2.75) is 18.0 Å². The molecule has 7 heteroatoms. The van der Waals surface area contributed by atoms with Crippen molar-refractivity contribution in [3.05, 3.63) is 35.7 Å².